The van der Waals surface area contributed by atoms with Gasteiger partial charge in [-0.05, 0) is 40.5 Å². The van der Waals surface area contributed by atoms with Crippen molar-refractivity contribution >= 4 is 34.4 Å². The summed E-state index contributed by atoms with van der Waals surface area (Å²) in [7, 11) is 0. The third kappa shape index (κ3) is 3.87. The molecule has 1 aliphatic rings. The van der Waals surface area contributed by atoms with Crippen molar-refractivity contribution in [2.45, 2.75) is 58.5 Å². The van der Waals surface area contributed by atoms with Crippen molar-refractivity contribution < 1.29 is 14.8 Å². The van der Waals surface area contributed by atoms with Crippen molar-refractivity contribution in [3.05, 3.63) is 0 Å². The number of hydrogen-bond donors (Lipinski definition) is 2. The van der Waals surface area contributed by atoms with Gasteiger partial charge in [-0.2, -0.15) is 5.06 Å². The Bertz CT molecular complexity index is 412. The van der Waals surface area contributed by atoms with Crippen molar-refractivity contribution in [1.82, 2.24) is 15.5 Å². The van der Waals surface area contributed by atoms with Gasteiger partial charge in [0.2, 0.25) is 11.8 Å². The minimum atomic E-state index is -0.665. The van der Waals surface area contributed by atoms with Gasteiger partial charge < -0.3 is 5.21 Å². The first kappa shape index (κ1) is 18.6. The summed E-state index contributed by atoms with van der Waals surface area (Å²) in [5.74, 6) is -0.684. The lowest BCUT2D eigenvalue weighted by molar-refractivity contribution is -0.198. The molecule has 2 N–H and O–H groups in total. The van der Waals surface area contributed by atoms with E-state index in [4.69, 9.17) is 0 Å². The second kappa shape index (κ2) is 6.78. The smallest absolute Gasteiger partial charge is 0.248 e. The van der Waals surface area contributed by atoms with Gasteiger partial charge in [0, 0.05) is 12.1 Å². The Balaban J connectivity index is 2.96. The van der Waals surface area contributed by atoms with Crippen molar-refractivity contribution in [3.8, 4) is 0 Å². The molecule has 0 saturated carbocycles. The van der Waals surface area contributed by atoms with Crippen LogP contribution in [0.15, 0.2) is 0 Å². The molecule has 1 unspecified atom stereocenters. The first-order valence-electron chi connectivity index (χ1n) is 7.24. The highest BCUT2D eigenvalue weighted by Gasteiger charge is 2.55. The summed E-state index contributed by atoms with van der Waals surface area (Å²) >= 11 is 1.96. The molecule has 1 aliphatic heterocycles. The van der Waals surface area contributed by atoms with Crippen LogP contribution in [0, 0.1) is 5.92 Å². The van der Waals surface area contributed by atoms with E-state index >= 15 is 0 Å². The van der Waals surface area contributed by atoms with Gasteiger partial charge in [0.05, 0.1) is 15.9 Å². The third-order valence-corrected chi connectivity index (χ3v) is 4.76. The summed E-state index contributed by atoms with van der Waals surface area (Å²) in [5, 5.41) is 13.0. The Morgan fingerprint density at radius 1 is 1.38 bits per heavy atom. The van der Waals surface area contributed by atoms with Gasteiger partial charge in [-0.25, -0.2) is 0 Å². The van der Waals surface area contributed by atoms with Crippen LogP contribution in [0.5, 0.6) is 0 Å². The quantitative estimate of drug-likeness (QED) is 0.422. The van der Waals surface area contributed by atoms with E-state index in [1.165, 1.54) is 10.1 Å². The van der Waals surface area contributed by atoms with Crippen LogP contribution in [-0.4, -0.2) is 49.1 Å². The summed E-state index contributed by atoms with van der Waals surface area (Å²) in [6.45, 7) is 9.96. The Hall–Kier alpha value is -0.410. The molecule has 0 aromatic heterocycles. The Kier molecular flexibility index (Phi) is 6.02. The van der Waals surface area contributed by atoms with Crippen molar-refractivity contribution in [2.24, 2.45) is 5.92 Å². The fourth-order valence-corrected chi connectivity index (χ4v) is 3.14. The molecule has 21 heavy (non-hydrogen) atoms. The summed E-state index contributed by atoms with van der Waals surface area (Å²) in [6, 6.07) is 0. The average Bonchev–Trinajstić information content (AvgIpc) is 2.57. The van der Waals surface area contributed by atoms with Crippen LogP contribution in [0.25, 0.3) is 0 Å². The van der Waals surface area contributed by atoms with Crippen LogP contribution in [0.4, 0.5) is 0 Å². The van der Waals surface area contributed by atoms with Crippen LogP contribution in [0.1, 0.15) is 47.5 Å². The zero-order valence-corrected chi connectivity index (χ0v) is 15.6. The Morgan fingerprint density at radius 2 is 1.95 bits per heavy atom. The summed E-state index contributed by atoms with van der Waals surface area (Å²) < 4.78 is 0.303. The van der Waals surface area contributed by atoms with Crippen molar-refractivity contribution in [3.63, 3.8) is 0 Å². The molecule has 7 heteroatoms. The van der Waals surface area contributed by atoms with E-state index in [1.807, 2.05) is 57.2 Å². The first-order chi connectivity index (χ1) is 9.57. The number of hydroxylamine groups is 2. The first-order valence-corrected chi connectivity index (χ1v) is 8.76. The lowest BCUT2D eigenvalue weighted by atomic mass is 9.86. The van der Waals surface area contributed by atoms with E-state index < -0.39 is 11.1 Å². The number of nitrogens with zero attached hydrogens (tertiary/aromatic N) is 2. The maximum atomic E-state index is 12.8. The monoisotopic (exact) mass is 411 g/mol. The van der Waals surface area contributed by atoms with Gasteiger partial charge in [0.25, 0.3) is 0 Å². The average molecular weight is 411 g/mol. The van der Waals surface area contributed by atoms with Crippen molar-refractivity contribution in [1.29, 1.82) is 0 Å². The van der Waals surface area contributed by atoms with Gasteiger partial charge >= 0.3 is 0 Å². The number of carbonyl (C=O) groups is 2. The van der Waals surface area contributed by atoms with Crippen LogP contribution >= 0.6 is 22.6 Å². The minimum Gasteiger partial charge on any atom is -0.313 e. The molecule has 1 atom stereocenters. The molecule has 2 amide bonds. The molecule has 0 aromatic carbocycles. The molecule has 122 valence electrons. The lowest BCUT2D eigenvalue weighted by Crippen LogP contribution is -2.54. The fourth-order valence-electron chi connectivity index (χ4n) is 2.97. The normalized spacial score (nSPS) is 23.9. The Morgan fingerprint density at radius 3 is 2.33 bits per heavy atom. The highest BCUT2D eigenvalue weighted by molar-refractivity contribution is 14.1. The number of rotatable bonds is 4. The second-order valence-corrected chi connectivity index (χ2v) is 7.46. The van der Waals surface area contributed by atoms with E-state index in [1.54, 1.807) is 0 Å². The maximum absolute atomic E-state index is 12.8. The molecule has 0 spiro atoms. The molecule has 1 heterocycles. The molecule has 0 radical (unpaired) electrons. The van der Waals surface area contributed by atoms with E-state index in [9.17, 15) is 14.8 Å². The third-order valence-electron chi connectivity index (χ3n) is 4.07. The Labute approximate surface area is 140 Å². The summed E-state index contributed by atoms with van der Waals surface area (Å²) in [6.07, 6.45) is 1.31. The van der Waals surface area contributed by atoms with Gasteiger partial charge in [0.15, 0.2) is 0 Å². The summed E-state index contributed by atoms with van der Waals surface area (Å²) in [5.41, 5.74) is 1.53. The second-order valence-electron chi connectivity index (χ2n) is 6.69. The van der Waals surface area contributed by atoms with Crippen molar-refractivity contribution in [2.75, 3.05) is 11.0 Å². The van der Waals surface area contributed by atoms with Gasteiger partial charge in [0.1, 0.15) is 0 Å². The van der Waals surface area contributed by atoms with E-state index in [0.717, 1.165) is 6.42 Å². The predicted octanol–water partition coefficient (Wildman–Crippen LogP) is 1.96. The highest BCUT2D eigenvalue weighted by Crippen LogP contribution is 2.44. The van der Waals surface area contributed by atoms with Crippen LogP contribution in [0.2, 0.25) is 0 Å². The fraction of sp³-hybridized carbons (Fsp3) is 0.857. The number of carbonyl (C=O) groups excluding carboxylic acids is 2. The van der Waals surface area contributed by atoms with Gasteiger partial charge in [-0.15, -0.1) is 0 Å². The molecule has 1 saturated heterocycles. The molecule has 1 fully saturated rings. The molecule has 0 aromatic rings. The van der Waals surface area contributed by atoms with E-state index in [0.29, 0.717) is 17.4 Å². The van der Waals surface area contributed by atoms with Gasteiger partial charge in [-0.1, -0.05) is 29.5 Å². The standard InChI is InChI=1S/C14H26IN3O3/c1-6-7-17(16-11(19)9-15)12(20)10-8-13(2,3)18(21)14(10,4)5/h10,21H,6-9H2,1-5H3,(H,16,19). The largest absolute Gasteiger partial charge is 0.313 e. The molecule has 0 aliphatic carbocycles. The number of hydrogen-bond acceptors (Lipinski definition) is 4. The molecule has 0 bridgehead atoms. The molecular formula is C14H26IN3O3. The number of nitrogens with one attached hydrogen (secondary N) is 1. The topological polar surface area (TPSA) is 72.9 Å². The van der Waals surface area contributed by atoms with E-state index in [2.05, 4.69) is 5.43 Å². The van der Waals surface area contributed by atoms with E-state index in [-0.39, 0.29) is 17.7 Å². The molecule has 1 rings (SSSR count). The molecule has 6 nitrogen and oxygen atoms in total. The van der Waals surface area contributed by atoms with Crippen LogP contribution < -0.4 is 5.43 Å². The van der Waals surface area contributed by atoms with Crippen LogP contribution in [0.3, 0.4) is 0 Å². The minimum absolute atomic E-state index is 0.135. The van der Waals surface area contributed by atoms with Crippen LogP contribution in [-0.2, 0) is 9.59 Å². The number of hydrazine groups is 1. The zero-order valence-electron chi connectivity index (χ0n) is 13.4. The number of amides is 2. The zero-order chi connectivity index (χ0) is 16.4. The highest BCUT2D eigenvalue weighted by atomic mass is 127. The SMILES string of the molecule is CCCN(NC(=O)CI)C(=O)C1CC(C)(C)N(O)C1(C)C. The molecular weight excluding hydrogens is 385 g/mol. The maximum Gasteiger partial charge on any atom is 0.248 e. The number of halogens is 1. The summed E-state index contributed by atoms with van der Waals surface area (Å²) in [4.78, 5) is 24.4. The predicted molar refractivity (Wildman–Crippen MR) is 88.9 cm³/mol. The number of alkyl halides is 1. The van der Waals surface area contributed by atoms with Gasteiger partial charge in [-0.3, -0.25) is 20.0 Å². The lowest BCUT2D eigenvalue weighted by Gasteiger charge is -2.36.